The quantitative estimate of drug-likeness (QED) is 0.650. The number of nitrogens with two attached hydrogens (primary N) is 1. The Labute approximate surface area is 127 Å². The van der Waals surface area contributed by atoms with Crippen LogP contribution in [-0.2, 0) is 0 Å². The summed E-state index contributed by atoms with van der Waals surface area (Å²) in [5, 5.41) is 0. The van der Waals surface area contributed by atoms with Crippen molar-refractivity contribution < 1.29 is 4.74 Å². The maximum Gasteiger partial charge on any atom is 0.120 e. The van der Waals surface area contributed by atoms with E-state index >= 15 is 0 Å². The Morgan fingerprint density at radius 3 is 2.65 bits per heavy atom. The van der Waals surface area contributed by atoms with Gasteiger partial charge in [0.1, 0.15) is 5.75 Å². The van der Waals surface area contributed by atoms with Gasteiger partial charge >= 0.3 is 0 Å². The van der Waals surface area contributed by atoms with Crippen molar-refractivity contribution in [2.45, 2.75) is 25.0 Å². The van der Waals surface area contributed by atoms with Gasteiger partial charge in [0.05, 0.1) is 12.1 Å². The number of rotatable bonds is 5. The molecule has 0 saturated heterocycles. The van der Waals surface area contributed by atoms with Crippen LogP contribution in [0.1, 0.15) is 30.0 Å². The average Bonchev–Trinajstić information content (AvgIpc) is 3.26. The van der Waals surface area contributed by atoms with Crippen LogP contribution in [0.25, 0.3) is 0 Å². The first-order valence-corrected chi connectivity index (χ1v) is 7.54. The van der Waals surface area contributed by atoms with E-state index in [1.165, 1.54) is 0 Å². The Balaban J connectivity index is 1.90. The Bertz CT molecular complexity index is 599. The Hall–Kier alpha value is -1.36. The van der Waals surface area contributed by atoms with E-state index in [-0.39, 0.29) is 6.04 Å². The van der Waals surface area contributed by atoms with Gasteiger partial charge in [-0.2, -0.15) is 0 Å². The summed E-state index contributed by atoms with van der Waals surface area (Å²) in [6.45, 7) is 0. The van der Waals surface area contributed by atoms with Crippen LogP contribution < -0.4 is 16.0 Å². The van der Waals surface area contributed by atoms with Gasteiger partial charge in [0.2, 0.25) is 0 Å². The molecule has 3 rings (SSSR count). The van der Waals surface area contributed by atoms with Gasteiger partial charge in [-0.25, -0.2) is 5.43 Å². The maximum absolute atomic E-state index is 5.85. The molecule has 104 valence electrons. The zero-order valence-electron chi connectivity index (χ0n) is 11.1. The van der Waals surface area contributed by atoms with Crippen molar-refractivity contribution in [1.29, 1.82) is 0 Å². The van der Waals surface area contributed by atoms with E-state index in [1.54, 1.807) is 0 Å². The lowest BCUT2D eigenvalue weighted by atomic mass is 9.99. The van der Waals surface area contributed by atoms with Crippen LogP contribution in [0.2, 0.25) is 0 Å². The summed E-state index contributed by atoms with van der Waals surface area (Å²) in [4.78, 5) is 0. The van der Waals surface area contributed by atoms with E-state index in [9.17, 15) is 0 Å². The predicted molar refractivity (Wildman–Crippen MR) is 83.4 cm³/mol. The van der Waals surface area contributed by atoms with Crippen molar-refractivity contribution in [2.75, 3.05) is 0 Å². The van der Waals surface area contributed by atoms with Gasteiger partial charge in [0.15, 0.2) is 0 Å². The van der Waals surface area contributed by atoms with Gasteiger partial charge in [-0.3, -0.25) is 5.84 Å². The van der Waals surface area contributed by atoms with E-state index in [0.29, 0.717) is 6.10 Å². The number of ether oxygens (including phenoxy) is 1. The third kappa shape index (κ3) is 3.03. The second-order valence-electron chi connectivity index (χ2n) is 5.01. The van der Waals surface area contributed by atoms with E-state index in [0.717, 1.165) is 34.2 Å². The highest BCUT2D eigenvalue weighted by Gasteiger charge is 2.24. The van der Waals surface area contributed by atoms with Crippen LogP contribution in [-0.4, -0.2) is 6.10 Å². The third-order valence-corrected chi connectivity index (χ3v) is 4.12. The van der Waals surface area contributed by atoms with Gasteiger partial charge in [-0.05, 0) is 42.2 Å². The first-order chi connectivity index (χ1) is 9.78. The van der Waals surface area contributed by atoms with E-state index in [1.807, 2.05) is 30.3 Å². The summed E-state index contributed by atoms with van der Waals surface area (Å²) < 4.78 is 6.88. The molecule has 0 bridgehead atoms. The minimum absolute atomic E-state index is 0.0617. The Morgan fingerprint density at radius 2 is 1.95 bits per heavy atom. The average molecular weight is 333 g/mol. The molecule has 0 spiro atoms. The lowest BCUT2D eigenvalue weighted by Gasteiger charge is -2.19. The fourth-order valence-corrected chi connectivity index (χ4v) is 2.73. The van der Waals surface area contributed by atoms with Crippen LogP contribution in [0.3, 0.4) is 0 Å². The van der Waals surface area contributed by atoms with Crippen molar-refractivity contribution >= 4 is 15.9 Å². The first-order valence-electron chi connectivity index (χ1n) is 6.75. The van der Waals surface area contributed by atoms with Crippen LogP contribution in [0, 0.1) is 0 Å². The summed E-state index contributed by atoms with van der Waals surface area (Å²) in [7, 11) is 0. The van der Waals surface area contributed by atoms with Gasteiger partial charge < -0.3 is 4.74 Å². The minimum atomic E-state index is -0.0617. The highest BCUT2D eigenvalue weighted by atomic mass is 79.9. The largest absolute Gasteiger partial charge is 0.490 e. The number of nitrogens with one attached hydrogen (secondary N) is 1. The third-order valence-electron chi connectivity index (χ3n) is 3.40. The summed E-state index contributed by atoms with van der Waals surface area (Å²) in [5.74, 6) is 6.67. The molecule has 1 atom stereocenters. The summed E-state index contributed by atoms with van der Waals surface area (Å²) in [6, 6.07) is 16.1. The molecule has 1 saturated carbocycles. The molecule has 0 heterocycles. The smallest absolute Gasteiger partial charge is 0.120 e. The molecular weight excluding hydrogens is 316 g/mol. The van der Waals surface area contributed by atoms with Crippen molar-refractivity contribution in [3.63, 3.8) is 0 Å². The van der Waals surface area contributed by atoms with Gasteiger partial charge in [-0.15, -0.1) is 0 Å². The van der Waals surface area contributed by atoms with Crippen molar-refractivity contribution in [1.82, 2.24) is 5.43 Å². The summed E-state index contributed by atoms with van der Waals surface area (Å²) >= 11 is 3.58. The highest BCUT2D eigenvalue weighted by Crippen LogP contribution is 2.32. The molecule has 3 nitrogen and oxygen atoms in total. The van der Waals surface area contributed by atoms with Gasteiger partial charge in [0, 0.05) is 4.47 Å². The fourth-order valence-electron chi connectivity index (χ4n) is 2.22. The van der Waals surface area contributed by atoms with Crippen molar-refractivity contribution in [3.8, 4) is 5.75 Å². The maximum atomic E-state index is 5.85. The molecular formula is C16H17BrN2O. The standard InChI is InChI=1S/C16H17BrN2O/c17-15-7-2-1-6-14(15)16(19-18)11-4-3-5-13(10-11)20-12-8-9-12/h1-7,10,12,16,19H,8-9,18H2. The minimum Gasteiger partial charge on any atom is -0.490 e. The molecule has 1 unspecified atom stereocenters. The number of hydrazine groups is 1. The zero-order valence-corrected chi connectivity index (χ0v) is 12.6. The van der Waals surface area contributed by atoms with Crippen LogP contribution in [0.4, 0.5) is 0 Å². The molecule has 1 fully saturated rings. The molecule has 2 aromatic carbocycles. The molecule has 0 aliphatic heterocycles. The van der Waals surface area contributed by atoms with Crippen molar-refractivity contribution in [3.05, 3.63) is 64.1 Å². The molecule has 2 aromatic rings. The van der Waals surface area contributed by atoms with Crippen molar-refractivity contribution in [2.24, 2.45) is 5.84 Å². The molecule has 20 heavy (non-hydrogen) atoms. The van der Waals surface area contributed by atoms with E-state index in [4.69, 9.17) is 10.6 Å². The van der Waals surface area contributed by atoms with Crippen LogP contribution in [0.5, 0.6) is 5.75 Å². The predicted octanol–water partition coefficient (Wildman–Crippen LogP) is 3.54. The van der Waals surface area contributed by atoms with Gasteiger partial charge in [-0.1, -0.05) is 46.3 Å². The normalized spacial score (nSPS) is 15.9. The second kappa shape index (κ2) is 5.95. The topological polar surface area (TPSA) is 47.3 Å². The number of hydrogen-bond acceptors (Lipinski definition) is 3. The summed E-state index contributed by atoms with van der Waals surface area (Å²) in [6.07, 6.45) is 2.72. The molecule has 0 amide bonds. The van der Waals surface area contributed by atoms with E-state index < -0.39 is 0 Å². The lowest BCUT2D eigenvalue weighted by molar-refractivity contribution is 0.302. The number of hydrogen-bond donors (Lipinski definition) is 2. The second-order valence-corrected chi connectivity index (χ2v) is 5.87. The zero-order chi connectivity index (χ0) is 13.9. The summed E-state index contributed by atoms with van der Waals surface area (Å²) in [5.41, 5.74) is 5.09. The van der Waals surface area contributed by atoms with Gasteiger partial charge in [0.25, 0.3) is 0 Å². The Kier molecular flexibility index (Phi) is 4.05. The molecule has 1 aliphatic carbocycles. The molecule has 1 aliphatic rings. The van der Waals surface area contributed by atoms with Crippen LogP contribution in [0.15, 0.2) is 53.0 Å². The lowest BCUT2D eigenvalue weighted by Crippen LogP contribution is -2.29. The van der Waals surface area contributed by atoms with E-state index in [2.05, 4.69) is 39.6 Å². The number of benzene rings is 2. The molecule has 4 heteroatoms. The molecule has 3 N–H and O–H groups in total. The first kappa shape index (κ1) is 13.6. The monoisotopic (exact) mass is 332 g/mol. The fraction of sp³-hybridized carbons (Fsp3) is 0.250. The molecule has 0 radical (unpaired) electrons. The Morgan fingerprint density at radius 1 is 1.15 bits per heavy atom. The number of halogens is 1. The highest BCUT2D eigenvalue weighted by molar-refractivity contribution is 9.10. The van der Waals surface area contributed by atoms with Crippen LogP contribution >= 0.6 is 15.9 Å². The molecule has 0 aromatic heterocycles. The SMILES string of the molecule is NNC(c1cccc(OC2CC2)c1)c1ccccc1Br.